The van der Waals surface area contributed by atoms with E-state index in [0.717, 1.165) is 67.8 Å². The summed E-state index contributed by atoms with van der Waals surface area (Å²) in [7, 11) is 5.05. The van der Waals surface area contributed by atoms with Crippen LogP contribution in [0.4, 0.5) is 22.7 Å². The van der Waals surface area contributed by atoms with Gasteiger partial charge in [-0.2, -0.15) is 4.48 Å². The van der Waals surface area contributed by atoms with E-state index in [1.54, 1.807) is 33.5 Å². The van der Waals surface area contributed by atoms with E-state index in [-0.39, 0.29) is 17.2 Å². The number of phenols is 2. The second-order valence-electron chi connectivity index (χ2n) is 14.1. The highest BCUT2D eigenvalue weighted by Crippen LogP contribution is 2.52. The molecule has 0 spiro atoms. The summed E-state index contributed by atoms with van der Waals surface area (Å²) in [5.74, 6) is 2.83. The molecule has 7 heteroatoms. The summed E-state index contributed by atoms with van der Waals surface area (Å²) in [5, 5.41) is 33.1. The second kappa shape index (κ2) is 17.8. The number of rotatable bonds is 11. The fourth-order valence-electron chi connectivity index (χ4n) is 7.28. The van der Waals surface area contributed by atoms with Gasteiger partial charge in [0.05, 0.1) is 21.3 Å². The van der Waals surface area contributed by atoms with Crippen molar-refractivity contribution < 1.29 is 29.5 Å². The lowest BCUT2D eigenvalue weighted by atomic mass is 9.94. The molecule has 2 N–H and O–H groups in total. The molecule has 0 unspecified atom stereocenters. The predicted octanol–water partition coefficient (Wildman–Crippen LogP) is 11.3. The molecule has 7 rings (SSSR count). The number of phenolic OH excluding ortho intramolecular Hbond substituents is 2. The number of nitrogens with zero attached hydrogens (tertiary/aromatic N) is 1. The molecule has 0 saturated carbocycles. The van der Waals surface area contributed by atoms with Crippen molar-refractivity contribution >= 4 is 22.7 Å². The van der Waals surface area contributed by atoms with E-state index in [2.05, 4.69) is 60.7 Å². The number of aromatic hydroxyl groups is 2. The number of aryl methyl sites for hydroxylation is 3. The molecule has 0 aliphatic carbocycles. The number of benzene rings is 7. The first-order chi connectivity index (χ1) is 27.5. The minimum absolute atomic E-state index is 0.0302. The molecule has 0 atom stereocenters. The molecule has 0 saturated heterocycles. The molecule has 0 bridgehead atoms. The molecule has 7 nitrogen and oxygen atoms in total. The van der Waals surface area contributed by atoms with E-state index in [1.165, 1.54) is 0 Å². The summed E-state index contributed by atoms with van der Waals surface area (Å²) in [6.45, 7) is 5.88. The van der Waals surface area contributed by atoms with Gasteiger partial charge < -0.3 is 29.5 Å². The molecule has 0 heterocycles. The summed E-state index contributed by atoms with van der Waals surface area (Å²) >= 11 is 0. The number of quaternary nitrogens is 1. The number of methoxy groups -OCH3 is 3. The molecular formula is C50H49NO6. The SMILES string of the molecule is COc1ccc([N+](c2ccccc2)(c2ccc(OC)cc2)c2ccc(OC)cc2)cc1.Cc1ccc(O)c(Cc2cc(C)cc(Cc3cc(C)ccc3O)c2[O-])c1. The van der Waals surface area contributed by atoms with Crippen molar-refractivity contribution in [3.63, 3.8) is 0 Å². The maximum atomic E-state index is 13.0. The quantitative estimate of drug-likeness (QED) is 0.128. The Morgan fingerprint density at radius 1 is 0.421 bits per heavy atom. The standard InChI is InChI=1S/C27H26NO3.C23H24O3/c1-29-25-15-9-22(10-16-25)28(21-7-5-4-6-8-21,23-11-17-26(30-2)18-12-23)24-13-19-27(31-3)20-14-24;1-14-4-6-21(24)17(8-14)12-19-10-16(3)11-20(23(19)26)13-18-9-15(2)5-7-22(18)25/h4-20H,1-3H3;4-11,24-26H,12-13H2,1-3H3/q+1;/p-1. The maximum absolute atomic E-state index is 13.0. The Kier molecular flexibility index (Phi) is 12.5. The largest absolute Gasteiger partial charge is 0.872 e. The molecule has 0 aromatic heterocycles. The summed E-state index contributed by atoms with van der Waals surface area (Å²) < 4.78 is 16.7. The first-order valence-corrected chi connectivity index (χ1v) is 18.8. The van der Waals surface area contributed by atoms with Crippen molar-refractivity contribution in [1.82, 2.24) is 4.48 Å². The van der Waals surface area contributed by atoms with Gasteiger partial charge in [0.1, 0.15) is 51.5 Å². The lowest BCUT2D eigenvalue weighted by Gasteiger charge is -2.37. The van der Waals surface area contributed by atoms with Crippen molar-refractivity contribution in [1.29, 1.82) is 0 Å². The topological polar surface area (TPSA) is 91.2 Å². The Balaban J connectivity index is 0.000000196. The van der Waals surface area contributed by atoms with E-state index in [0.29, 0.717) is 28.5 Å². The first kappa shape index (κ1) is 40.0. The Morgan fingerprint density at radius 2 is 0.754 bits per heavy atom. The van der Waals surface area contributed by atoms with Gasteiger partial charge >= 0.3 is 0 Å². The maximum Gasteiger partial charge on any atom is 0.148 e. The van der Waals surface area contributed by atoms with E-state index in [1.807, 2.05) is 99.6 Å². The van der Waals surface area contributed by atoms with Crippen molar-refractivity contribution in [2.24, 2.45) is 0 Å². The number of ether oxygens (including phenoxy) is 3. The van der Waals surface area contributed by atoms with Gasteiger partial charge in [-0.3, -0.25) is 0 Å². The fourth-order valence-corrected chi connectivity index (χ4v) is 7.28. The van der Waals surface area contributed by atoms with Crippen molar-refractivity contribution in [3.05, 3.63) is 191 Å². The first-order valence-electron chi connectivity index (χ1n) is 18.8. The number of para-hydroxylation sites is 1. The summed E-state index contributed by atoms with van der Waals surface area (Å²) in [6, 6.07) is 49.7. The van der Waals surface area contributed by atoms with Gasteiger partial charge in [-0.05, 0) is 80.4 Å². The molecule has 0 radical (unpaired) electrons. The monoisotopic (exact) mass is 759 g/mol. The van der Waals surface area contributed by atoms with Crippen LogP contribution in [0.2, 0.25) is 0 Å². The molecule has 0 aliphatic heterocycles. The average Bonchev–Trinajstić information content (AvgIpc) is 3.24. The molecule has 0 fully saturated rings. The van der Waals surface area contributed by atoms with Crippen LogP contribution in [0.25, 0.3) is 0 Å². The van der Waals surface area contributed by atoms with Crippen molar-refractivity contribution in [3.8, 4) is 34.5 Å². The molecule has 0 aliphatic rings. The highest BCUT2D eigenvalue weighted by molar-refractivity contribution is 5.82. The lowest BCUT2D eigenvalue weighted by molar-refractivity contribution is -0.270. The fraction of sp³-hybridized carbons (Fsp3) is 0.160. The van der Waals surface area contributed by atoms with Crippen LogP contribution in [0, 0.1) is 20.8 Å². The third-order valence-corrected chi connectivity index (χ3v) is 10.1. The van der Waals surface area contributed by atoms with Crippen LogP contribution >= 0.6 is 0 Å². The number of hydrogen-bond acceptors (Lipinski definition) is 6. The van der Waals surface area contributed by atoms with E-state index < -0.39 is 0 Å². The third kappa shape index (κ3) is 8.90. The minimum atomic E-state index is -0.0302. The molecule has 7 aromatic carbocycles. The normalized spacial score (nSPS) is 11.0. The van der Waals surface area contributed by atoms with Crippen molar-refractivity contribution in [2.75, 3.05) is 21.3 Å². The predicted molar refractivity (Wildman–Crippen MR) is 228 cm³/mol. The van der Waals surface area contributed by atoms with Gasteiger partial charge in [0.15, 0.2) is 0 Å². The van der Waals surface area contributed by atoms with E-state index in [4.69, 9.17) is 14.2 Å². The Bertz CT molecular complexity index is 2220. The molecule has 290 valence electrons. The molecular weight excluding hydrogens is 711 g/mol. The van der Waals surface area contributed by atoms with Crippen LogP contribution in [0.1, 0.15) is 38.9 Å². The van der Waals surface area contributed by atoms with Crippen molar-refractivity contribution in [2.45, 2.75) is 33.6 Å². The molecule has 7 aromatic rings. The van der Waals surface area contributed by atoms with Gasteiger partial charge in [0, 0.05) is 61.4 Å². The lowest BCUT2D eigenvalue weighted by Crippen LogP contribution is -2.33. The van der Waals surface area contributed by atoms with Crippen LogP contribution in [-0.2, 0) is 12.8 Å². The molecule has 0 amide bonds. The smallest absolute Gasteiger partial charge is 0.148 e. The van der Waals surface area contributed by atoms with Crippen LogP contribution < -0.4 is 23.8 Å². The highest BCUT2D eigenvalue weighted by Gasteiger charge is 2.39. The Morgan fingerprint density at radius 3 is 1.11 bits per heavy atom. The number of hydrogen-bond donors (Lipinski definition) is 2. The average molecular weight is 760 g/mol. The zero-order valence-electron chi connectivity index (χ0n) is 33.3. The third-order valence-electron chi connectivity index (χ3n) is 10.1. The second-order valence-corrected chi connectivity index (χ2v) is 14.1. The van der Waals surface area contributed by atoms with Gasteiger partial charge in [0.25, 0.3) is 0 Å². The zero-order valence-corrected chi connectivity index (χ0v) is 33.3. The van der Waals surface area contributed by atoms with Gasteiger partial charge in [-0.15, -0.1) is 5.75 Å². The van der Waals surface area contributed by atoms with Gasteiger partial charge in [-0.1, -0.05) is 82.4 Å². The summed E-state index contributed by atoms with van der Waals surface area (Å²) in [5.41, 5.74) is 10.3. The zero-order chi connectivity index (χ0) is 40.5. The van der Waals surface area contributed by atoms with Crippen LogP contribution in [-0.4, -0.2) is 31.5 Å². The van der Waals surface area contributed by atoms with Gasteiger partial charge in [-0.25, -0.2) is 0 Å². The molecule has 57 heavy (non-hydrogen) atoms. The van der Waals surface area contributed by atoms with E-state index >= 15 is 0 Å². The van der Waals surface area contributed by atoms with Crippen LogP contribution in [0.3, 0.4) is 0 Å². The Hall–Kier alpha value is -6.70. The summed E-state index contributed by atoms with van der Waals surface area (Å²) in [6.07, 6.45) is 0.779. The van der Waals surface area contributed by atoms with E-state index in [9.17, 15) is 15.3 Å². The summed E-state index contributed by atoms with van der Waals surface area (Å²) in [4.78, 5) is 0. The highest BCUT2D eigenvalue weighted by atomic mass is 16.5. The Labute approximate surface area is 335 Å². The van der Waals surface area contributed by atoms with Crippen LogP contribution in [0.15, 0.2) is 152 Å². The van der Waals surface area contributed by atoms with Gasteiger partial charge in [0.2, 0.25) is 0 Å². The minimum Gasteiger partial charge on any atom is -0.872 e. The van der Waals surface area contributed by atoms with Crippen LogP contribution in [0.5, 0.6) is 34.5 Å².